The first kappa shape index (κ1) is 20.2. The first-order valence-electron chi connectivity index (χ1n) is 9.09. The highest BCUT2D eigenvalue weighted by atomic mass is 35.5. The number of halogens is 1. The van der Waals surface area contributed by atoms with Crippen molar-refractivity contribution >= 4 is 29.0 Å². The molecule has 0 spiro atoms. The zero-order valence-electron chi connectivity index (χ0n) is 16.2. The Hall–Kier alpha value is -3.10. The van der Waals surface area contributed by atoms with Gasteiger partial charge in [0.1, 0.15) is 11.4 Å². The van der Waals surface area contributed by atoms with Crippen LogP contribution in [0.4, 0.5) is 0 Å². The van der Waals surface area contributed by atoms with E-state index in [1.807, 2.05) is 28.8 Å². The summed E-state index contributed by atoms with van der Waals surface area (Å²) in [5.41, 5.74) is 1.87. The number of hydrogen-bond acceptors (Lipinski definition) is 6. The third-order valence-corrected chi connectivity index (χ3v) is 5.63. The molecule has 152 valence electrons. The third-order valence-electron chi connectivity index (χ3n) is 4.40. The quantitative estimate of drug-likeness (QED) is 0.319. The van der Waals surface area contributed by atoms with Crippen molar-refractivity contribution in [2.75, 3.05) is 7.11 Å². The normalized spacial score (nSPS) is 11.0. The van der Waals surface area contributed by atoms with E-state index in [4.69, 9.17) is 16.3 Å². The number of benzene rings is 1. The van der Waals surface area contributed by atoms with Gasteiger partial charge in [-0.1, -0.05) is 41.6 Å². The molecule has 4 aromatic rings. The minimum Gasteiger partial charge on any atom is -0.496 e. The summed E-state index contributed by atoms with van der Waals surface area (Å²) in [7, 11) is 1.62. The first-order valence-corrected chi connectivity index (χ1v) is 10.4. The fourth-order valence-electron chi connectivity index (χ4n) is 3.06. The number of pyridine rings is 1. The maximum absolute atomic E-state index is 12.4. The number of rotatable bonds is 7. The molecule has 7 nitrogen and oxygen atoms in total. The maximum atomic E-state index is 12.4. The number of nitrogens with zero attached hydrogens (tertiary/aromatic N) is 5. The van der Waals surface area contributed by atoms with Gasteiger partial charge in [-0.05, 0) is 24.3 Å². The van der Waals surface area contributed by atoms with Crippen molar-refractivity contribution in [1.82, 2.24) is 24.1 Å². The number of methoxy groups -OCH3 is 1. The second-order valence-electron chi connectivity index (χ2n) is 6.36. The minimum absolute atomic E-state index is 0.180. The molecule has 3 aromatic heterocycles. The van der Waals surface area contributed by atoms with Gasteiger partial charge in [-0.2, -0.15) is 0 Å². The van der Waals surface area contributed by atoms with Gasteiger partial charge in [-0.15, -0.1) is 16.8 Å². The average Bonchev–Trinajstić information content (AvgIpc) is 3.15. The van der Waals surface area contributed by atoms with Crippen LogP contribution in [-0.2, 0) is 12.3 Å². The van der Waals surface area contributed by atoms with Crippen molar-refractivity contribution in [1.29, 1.82) is 0 Å². The van der Waals surface area contributed by atoms with E-state index in [0.717, 1.165) is 11.3 Å². The van der Waals surface area contributed by atoms with Crippen LogP contribution in [0, 0.1) is 0 Å². The molecule has 0 unspecified atom stereocenters. The van der Waals surface area contributed by atoms with Crippen molar-refractivity contribution in [3.63, 3.8) is 0 Å². The van der Waals surface area contributed by atoms with Crippen LogP contribution in [0.3, 0.4) is 0 Å². The van der Waals surface area contributed by atoms with Crippen molar-refractivity contribution < 1.29 is 4.74 Å². The van der Waals surface area contributed by atoms with E-state index in [0.29, 0.717) is 39.6 Å². The van der Waals surface area contributed by atoms with E-state index >= 15 is 0 Å². The number of thioether (sulfide) groups is 1. The van der Waals surface area contributed by atoms with Crippen molar-refractivity contribution in [3.05, 3.63) is 82.4 Å². The average molecular weight is 440 g/mol. The molecule has 0 bridgehead atoms. The summed E-state index contributed by atoms with van der Waals surface area (Å²) in [6.07, 6.45) is 3.35. The predicted molar refractivity (Wildman–Crippen MR) is 118 cm³/mol. The molecule has 0 aliphatic heterocycles. The van der Waals surface area contributed by atoms with E-state index < -0.39 is 0 Å². The highest BCUT2D eigenvalue weighted by Gasteiger charge is 2.17. The smallest absolute Gasteiger partial charge is 0.258 e. The Morgan fingerprint density at radius 1 is 1.23 bits per heavy atom. The molecule has 0 aliphatic carbocycles. The summed E-state index contributed by atoms with van der Waals surface area (Å²) >= 11 is 7.42. The Labute approximate surface area is 182 Å². The molecule has 0 aliphatic rings. The maximum Gasteiger partial charge on any atom is 0.258 e. The Kier molecular flexibility index (Phi) is 5.87. The molecule has 0 fully saturated rings. The van der Waals surface area contributed by atoms with Crippen molar-refractivity contribution in [2.24, 2.45) is 0 Å². The fourth-order valence-corrected chi connectivity index (χ4v) is 4.06. The van der Waals surface area contributed by atoms with Crippen molar-refractivity contribution in [2.45, 2.75) is 17.5 Å². The summed E-state index contributed by atoms with van der Waals surface area (Å²) in [6.45, 7) is 4.38. The van der Waals surface area contributed by atoms with Gasteiger partial charge in [0.05, 0.1) is 23.4 Å². The number of aromatic nitrogens is 5. The fraction of sp³-hybridized carbons (Fsp3) is 0.143. The van der Waals surface area contributed by atoms with E-state index in [1.54, 1.807) is 31.5 Å². The van der Waals surface area contributed by atoms with Gasteiger partial charge >= 0.3 is 0 Å². The molecule has 0 amide bonds. The van der Waals surface area contributed by atoms with E-state index in [9.17, 15) is 4.79 Å². The van der Waals surface area contributed by atoms with Crippen LogP contribution < -0.4 is 10.3 Å². The number of fused-ring (bicyclic) bond motifs is 1. The van der Waals surface area contributed by atoms with Gasteiger partial charge in [0.2, 0.25) is 0 Å². The Bertz CT molecular complexity index is 1280. The number of ether oxygens (including phenoxy) is 1. The number of allylic oxidation sites excluding steroid dienone is 1. The monoisotopic (exact) mass is 439 g/mol. The van der Waals surface area contributed by atoms with Crippen LogP contribution in [0.15, 0.2) is 71.3 Å². The molecular weight excluding hydrogens is 422 g/mol. The van der Waals surface area contributed by atoms with Gasteiger partial charge in [0.15, 0.2) is 11.0 Å². The molecule has 0 saturated carbocycles. The lowest BCUT2D eigenvalue weighted by molar-refractivity contribution is 0.416. The van der Waals surface area contributed by atoms with E-state index in [-0.39, 0.29) is 5.56 Å². The lowest BCUT2D eigenvalue weighted by atomic mass is 10.2. The topological polar surface area (TPSA) is 74.3 Å². The predicted octanol–water partition coefficient (Wildman–Crippen LogP) is 4.09. The summed E-state index contributed by atoms with van der Waals surface area (Å²) in [5, 5.41) is 9.89. The van der Waals surface area contributed by atoms with Gasteiger partial charge < -0.3 is 4.74 Å². The molecule has 1 aromatic carbocycles. The second-order valence-corrected chi connectivity index (χ2v) is 7.73. The van der Waals surface area contributed by atoms with Gasteiger partial charge in [0.25, 0.3) is 5.56 Å². The zero-order chi connectivity index (χ0) is 21.1. The van der Waals surface area contributed by atoms with Gasteiger partial charge in [-0.25, -0.2) is 4.98 Å². The standard InChI is InChI=1S/C21H18ClN5O2S/c1-3-10-26-20(16-6-4-5-7-17(16)29-2)24-25-21(26)30-13-15-11-19(28)27-12-14(22)8-9-18(27)23-15/h3-9,11-12H,1,10,13H2,2H3. The van der Waals surface area contributed by atoms with Crippen LogP contribution in [0.25, 0.3) is 17.0 Å². The van der Waals surface area contributed by atoms with Crippen LogP contribution in [0.1, 0.15) is 5.69 Å². The Balaban J connectivity index is 1.65. The largest absolute Gasteiger partial charge is 0.496 e. The third kappa shape index (κ3) is 3.96. The number of para-hydroxylation sites is 1. The van der Waals surface area contributed by atoms with Crippen LogP contribution in [0.5, 0.6) is 5.75 Å². The molecule has 0 saturated heterocycles. The first-order chi connectivity index (χ1) is 14.6. The molecule has 9 heteroatoms. The van der Waals surface area contributed by atoms with Crippen LogP contribution in [0.2, 0.25) is 5.02 Å². The SMILES string of the molecule is C=CCn1c(SCc2cc(=O)n3cc(Cl)ccc3n2)nnc1-c1ccccc1OC. The summed E-state index contributed by atoms with van der Waals surface area (Å²) < 4.78 is 8.85. The molecule has 3 heterocycles. The summed E-state index contributed by atoms with van der Waals surface area (Å²) in [6, 6.07) is 12.6. The van der Waals surface area contributed by atoms with Crippen molar-refractivity contribution in [3.8, 4) is 17.1 Å². The molecule has 4 rings (SSSR count). The molecular formula is C21H18ClN5O2S. The minimum atomic E-state index is -0.180. The highest BCUT2D eigenvalue weighted by Crippen LogP contribution is 2.31. The molecule has 0 N–H and O–H groups in total. The molecule has 30 heavy (non-hydrogen) atoms. The number of hydrogen-bond donors (Lipinski definition) is 0. The molecule has 0 radical (unpaired) electrons. The summed E-state index contributed by atoms with van der Waals surface area (Å²) in [5.74, 6) is 1.88. The lowest BCUT2D eigenvalue weighted by Gasteiger charge is -2.10. The zero-order valence-corrected chi connectivity index (χ0v) is 17.7. The highest BCUT2D eigenvalue weighted by molar-refractivity contribution is 7.98. The van der Waals surface area contributed by atoms with Gasteiger partial charge in [-0.3, -0.25) is 13.8 Å². The van der Waals surface area contributed by atoms with E-state index in [2.05, 4.69) is 21.8 Å². The summed E-state index contributed by atoms with van der Waals surface area (Å²) in [4.78, 5) is 16.9. The lowest BCUT2D eigenvalue weighted by Crippen LogP contribution is -2.15. The second kappa shape index (κ2) is 8.73. The Morgan fingerprint density at radius 3 is 2.87 bits per heavy atom. The Morgan fingerprint density at radius 2 is 2.07 bits per heavy atom. The molecule has 0 atom stereocenters. The van der Waals surface area contributed by atoms with Gasteiger partial charge in [0, 0.05) is 24.6 Å². The van der Waals surface area contributed by atoms with Crippen LogP contribution >= 0.6 is 23.4 Å². The van der Waals surface area contributed by atoms with Crippen LogP contribution in [-0.4, -0.2) is 31.3 Å². The van der Waals surface area contributed by atoms with E-state index in [1.165, 1.54) is 22.2 Å².